The molecule has 0 aliphatic rings. The van der Waals surface area contributed by atoms with E-state index in [9.17, 15) is 14.9 Å². The first kappa shape index (κ1) is 14.2. The van der Waals surface area contributed by atoms with E-state index < -0.39 is 10.8 Å². The van der Waals surface area contributed by atoms with Gasteiger partial charge in [0.25, 0.3) is 11.6 Å². The summed E-state index contributed by atoms with van der Waals surface area (Å²) in [6, 6.07) is 8.31. The second kappa shape index (κ2) is 5.85. The quantitative estimate of drug-likeness (QED) is 0.533. The summed E-state index contributed by atoms with van der Waals surface area (Å²) in [5.41, 5.74) is 0.304. The molecular formula is C12H7Cl2N3O3. The predicted molar refractivity (Wildman–Crippen MR) is 75.3 cm³/mol. The number of carbonyl (C=O) groups excluding carboxylic acids is 1. The number of hydrogen-bond acceptors (Lipinski definition) is 4. The molecule has 0 bridgehead atoms. The lowest BCUT2D eigenvalue weighted by molar-refractivity contribution is -0.384. The Hall–Kier alpha value is -2.18. The van der Waals surface area contributed by atoms with Crippen molar-refractivity contribution in [3.8, 4) is 0 Å². The molecule has 0 aliphatic heterocycles. The van der Waals surface area contributed by atoms with E-state index in [-0.39, 0.29) is 21.6 Å². The Morgan fingerprint density at radius 3 is 2.40 bits per heavy atom. The van der Waals surface area contributed by atoms with Crippen LogP contribution in [0.1, 0.15) is 10.5 Å². The summed E-state index contributed by atoms with van der Waals surface area (Å²) in [6.07, 6.45) is 0. The Morgan fingerprint density at radius 1 is 1.15 bits per heavy atom. The molecule has 1 aromatic carbocycles. The molecule has 0 unspecified atom stereocenters. The Balaban J connectivity index is 2.19. The number of halogens is 2. The zero-order valence-electron chi connectivity index (χ0n) is 9.84. The van der Waals surface area contributed by atoms with E-state index in [0.29, 0.717) is 5.69 Å². The molecular weight excluding hydrogens is 305 g/mol. The van der Waals surface area contributed by atoms with Gasteiger partial charge in [0.2, 0.25) is 0 Å². The second-order valence-corrected chi connectivity index (χ2v) is 4.52. The van der Waals surface area contributed by atoms with Gasteiger partial charge in [-0.3, -0.25) is 14.9 Å². The molecule has 2 rings (SSSR count). The van der Waals surface area contributed by atoms with Crippen LogP contribution in [-0.2, 0) is 0 Å². The highest BCUT2D eigenvalue weighted by Crippen LogP contribution is 2.20. The second-order valence-electron chi connectivity index (χ2n) is 3.72. The van der Waals surface area contributed by atoms with Gasteiger partial charge in [-0.05, 0) is 24.3 Å². The van der Waals surface area contributed by atoms with E-state index in [2.05, 4.69) is 10.3 Å². The Morgan fingerprint density at radius 2 is 1.80 bits per heavy atom. The molecule has 0 atom stereocenters. The molecule has 0 radical (unpaired) electrons. The maximum Gasteiger partial charge on any atom is 0.275 e. The Labute approximate surface area is 123 Å². The van der Waals surface area contributed by atoms with Crippen LogP contribution < -0.4 is 5.32 Å². The largest absolute Gasteiger partial charge is 0.321 e. The van der Waals surface area contributed by atoms with Crippen molar-refractivity contribution in [1.82, 2.24) is 4.98 Å². The van der Waals surface area contributed by atoms with E-state index in [1.54, 1.807) is 0 Å². The number of hydrogen-bond donors (Lipinski definition) is 1. The molecule has 1 heterocycles. The molecule has 20 heavy (non-hydrogen) atoms. The summed E-state index contributed by atoms with van der Waals surface area (Å²) in [6.45, 7) is 0. The number of non-ortho nitro benzene ring substituents is 1. The van der Waals surface area contributed by atoms with Crippen LogP contribution in [0.4, 0.5) is 11.4 Å². The van der Waals surface area contributed by atoms with Crippen molar-refractivity contribution in [2.75, 3.05) is 5.32 Å². The van der Waals surface area contributed by atoms with Gasteiger partial charge in [-0.1, -0.05) is 23.2 Å². The Bertz CT molecular complexity index is 674. The maximum absolute atomic E-state index is 12.0. The SMILES string of the molecule is O=C(Nc1ccc([N+](=O)[O-])cc1)c1nc(Cl)ccc1Cl. The lowest BCUT2D eigenvalue weighted by Crippen LogP contribution is -2.14. The standard InChI is InChI=1S/C12H7Cl2N3O3/c13-9-5-6-10(14)16-11(9)12(18)15-7-1-3-8(4-2-7)17(19)20/h1-6H,(H,15,18). The number of nitrogens with one attached hydrogen (secondary N) is 1. The normalized spacial score (nSPS) is 10.1. The Kier molecular flexibility index (Phi) is 4.16. The van der Waals surface area contributed by atoms with Crippen LogP contribution in [0.2, 0.25) is 10.2 Å². The van der Waals surface area contributed by atoms with Crippen molar-refractivity contribution in [3.05, 3.63) is 62.4 Å². The number of amides is 1. The molecule has 6 nitrogen and oxygen atoms in total. The molecule has 2 aromatic rings. The maximum atomic E-state index is 12.0. The lowest BCUT2D eigenvalue weighted by atomic mass is 10.2. The predicted octanol–water partition coefficient (Wildman–Crippen LogP) is 3.55. The van der Waals surface area contributed by atoms with Crippen molar-refractivity contribution in [2.45, 2.75) is 0 Å². The van der Waals surface area contributed by atoms with Crippen molar-refractivity contribution in [2.24, 2.45) is 0 Å². The zero-order chi connectivity index (χ0) is 14.7. The molecule has 0 spiro atoms. The topological polar surface area (TPSA) is 85.1 Å². The van der Waals surface area contributed by atoms with Gasteiger partial charge in [0, 0.05) is 17.8 Å². The third kappa shape index (κ3) is 3.23. The highest BCUT2D eigenvalue weighted by atomic mass is 35.5. The van der Waals surface area contributed by atoms with E-state index in [4.69, 9.17) is 23.2 Å². The van der Waals surface area contributed by atoms with Crippen LogP contribution >= 0.6 is 23.2 Å². The van der Waals surface area contributed by atoms with Crippen LogP contribution in [0.15, 0.2) is 36.4 Å². The first-order valence-corrected chi connectivity index (χ1v) is 6.11. The molecule has 0 aliphatic carbocycles. The van der Waals surface area contributed by atoms with Gasteiger partial charge in [0.05, 0.1) is 9.95 Å². The smallest absolute Gasteiger partial charge is 0.275 e. The van der Waals surface area contributed by atoms with E-state index in [1.807, 2.05) is 0 Å². The number of pyridine rings is 1. The van der Waals surface area contributed by atoms with Gasteiger partial charge >= 0.3 is 0 Å². The first-order chi connectivity index (χ1) is 9.47. The molecule has 8 heteroatoms. The van der Waals surface area contributed by atoms with Crippen LogP contribution in [0.25, 0.3) is 0 Å². The van der Waals surface area contributed by atoms with Crippen LogP contribution in [0, 0.1) is 10.1 Å². The number of nitro groups is 1. The third-order valence-electron chi connectivity index (χ3n) is 2.36. The minimum Gasteiger partial charge on any atom is -0.321 e. The molecule has 1 aromatic heterocycles. The van der Waals surface area contributed by atoms with Gasteiger partial charge in [0.1, 0.15) is 10.8 Å². The average molecular weight is 312 g/mol. The number of aromatic nitrogens is 1. The zero-order valence-corrected chi connectivity index (χ0v) is 11.4. The monoisotopic (exact) mass is 311 g/mol. The molecule has 0 saturated heterocycles. The van der Waals surface area contributed by atoms with Gasteiger partial charge in [-0.25, -0.2) is 4.98 Å². The summed E-state index contributed by atoms with van der Waals surface area (Å²) in [7, 11) is 0. The fourth-order valence-electron chi connectivity index (χ4n) is 1.43. The van der Waals surface area contributed by atoms with Crippen molar-refractivity contribution in [3.63, 3.8) is 0 Å². The molecule has 102 valence electrons. The summed E-state index contributed by atoms with van der Waals surface area (Å²) >= 11 is 11.5. The number of benzene rings is 1. The summed E-state index contributed by atoms with van der Waals surface area (Å²) in [5, 5.41) is 13.3. The third-order valence-corrected chi connectivity index (χ3v) is 2.88. The van der Waals surface area contributed by atoms with Gasteiger partial charge in [0.15, 0.2) is 0 Å². The highest BCUT2D eigenvalue weighted by molar-refractivity contribution is 6.35. The summed E-state index contributed by atoms with van der Waals surface area (Å²) in [4.78, 5) is 25.8. The van der Waals surface area contributed by atoms with Gasteiger partial charge in [-0.15, -0.1) is 0 Å². The van der Waals surface area contributed by atoms with Crippen molar-refractivity contribution in [1.29, 1.82) is 0 Å². The summed E-state index contributed by atoms with van der Waals surface area (Å²) < 4.78 is 0. The summed E-state index contributed by atoms with van der Waals surface area (Å²) in [5.74, 6) is -0.550. The van der Waals surface area contributed by atoms with Crippen LogP contribution in [0.5, 0.6) is 0 Å². The number of anilines is 1. The fraction of sp³-hybridized carbons (Fsp3) is 0. The number of nitrogens with zero attached hydrogens (tertiary/aromatic N) is 2. The molecule has 1 amide bonds. The number of nitro benzene ring substituents is 1. The van der Waals surface area contributed by atoms with Crippen molar-refractivity contribution < 1.29 is 9.72 Å². The average Bonchev–Trinajstić information content (AvgIpc) is 2.42. The van der Waals surface area contributed by atoms with E-state index in [1.165, 1.54) is 36.4 Å². The highest BCUT2D eigenvalue weighted by Gasteiger charge is 2.13. The minimum atomic E-state index is -0.550. The lowest BCUT2D eigenvalue weighted by Gasteiger charge is -2.06. The molecule has 0 fully saturated rings. The van der Waals surface area contributed by atoms with E-state index >= 15 is 0 Å². The van der Waals surface area contributed by atoms with Gasteiger partial charge in [-0.2, -0.15) is 0 Å². The van der Waals surface area contributed by atoms with Gasteiger partial charge < -0.3 is 5.32 Å². The van der Waals surface area contributed by atoms with E-state index in [0.717, 1.165) is 0 Å². The molecule has 0 saturated carbocycles. The van der Waals surface area contributed by atoms with Crippen LogP contribution in [-0.4, -0.2) is 15.8 Å². The minimum absolute atomic E-state index is 0.0162. The number of rotatable bonds is 3. The molecule has 1 N–H and O–H groups in total. The van der Waals surface area contributed by atoms with Crippen molar-refractivity contribution >= 4 is 40.5 Å². The fourth-order valence-corrected chi connectivity index (χ4v) is 1.77. The van der Waals surface area contributed by atoms with Crippen LogP contribution in [0.3, 0.4) is 0 Å². The number of carbonyl (C=O) groups is 1. The first-order valence-electron chi connectivity index (χ1n) is 5.35.